The number of hydrogen-bond donors (Lipinski definition) is 1. The van der Waals surface area contributed by atoms with Crippen LogP contribution in [-0.4, -0.2) is 25.6 Å². The zero-order valence-electron chi connectivity index (χ0n) is 18.2. The Morgan fingerprint density at radius 2 is 1.85 bits per heavy atom. The van der Waals surface area contributed by atoms with E-state index in [1.807, 2.05) is 19.1 Å². The minimum absolute atomic E-state index is 0.0907. The monoisotopic (exact) mass is 478 g/mol. The van der Waals surface area contributed by atoms with E-state index in [2.05, 4.69) is 10.3 Å². The van der Waals surface area contributed by atoms with Gasteiger partial charge >= 0.3 is 5.69 Å². The molecule has 1 heterocycles. The van der Waals surface area contributed by atoms with Crippen molar-refractivity contribution in [1.82, 2.24) is 9.55 Å². The van der Waals surface area contributed by atoms with Crippen molar-refractivity contribution >= 4 is 39.9 Å². The van der Waals surface area contributed by atoms with Crippen LogP contribution in [0.2, 0.25) is 0 Å². The van der Waals surface area contributed by atoms with Crippen molar-refractivity contribution in [2.45, 2.75) is 24.3 Å². The molecule has 1 unspecified atom stereocenters. The number of nitro groups is 1. The summed E-state index contributed by atoms with van der Waals surface area (Å²) in [4.78, 5) is 40.9. The third-order valence-electron chi connectivity index (χ3n) is 5.10. The molecule has 0 fully saturated rings. The van der Waals surface area contributed by atoms with Crippen LogP contribution < -0.4 is 10.9 Å². The van der Waals surface area contributed by atoms with E-state index in [9.17, 15) is 24.1 Å². The topological polar surface area (TPSA) is 107 Å². The van der Waals surface area contributed by atoms with Crippen LogP contribution in [0.5, 0.6) is 0 Å². The van der Waals surface area contributed by atoms with Gasteiger partial charge in [-0.1, -0.05) is 41.6 Å². The molecule has 0 aliphatic rings. The number of thioether (sulfide) groups is 1. The Labute approximate surface area is 197 Å². The van der Waals surface area contributed by atoms with E-state index in [4.69, 9.17) is 0 Å². The fourth-order valence-electron chi connectivity index (χ4n) is 3.30. The molecule has 1 atom stereocenters. The molecule has 4 rings (SSSR count). The van der Waals surface area contributed by atoms with E-state index in [0.29, 0.717) is 21.7 Å². The van der Waals surface area contributed by atoms with Crippen LogP contribution in [0, 0.1) is 22.9 Å². The number of nitro benzene ring substituents is 1. The second kappa shape index (κ2) is 9.44. The highest BCUT2D eigenvalue weighted by Gasteiger charge is 2.22. The summed E-state index contributed by atoms with van der Waals surface area (Å²) in [7, 11) is 0. The molecule has 3 aromatic carbocycles. The molecule has 0 saturated heterocycles. The molecule has 10 heteroatoms. The van der Waals surface area contributed by atoms with Crippen molar-refractivity contribution in [3.63, 3.8) is 0 Å². The van der Waals surface area contributed by atoms with E-state index in [0.717, 1.165) is 29.5 Å². The summed E-state index contributed by atoms with van der Waals surface area (Å²) < 4.78 is 15.1. The zero-order chi connectivity index (χ0) is 24.4. The normalized spacial score (nSPS) is 11.9. The Morgan fingerprint density at radius 3 is 2.56 bits per heavy atom. The molecular weight excluding hydrogens is 459 g/mol. The number of amides is 1. The number of nitrogens with zero attached hydrogens (tertiary/aromatic N) is 3. The Morgan fingerprint density at radius 1 is 1.15 bits per heavy atom. The quantitative estimate of drug-likeness (QED) is 0.184. The lowest BCUT2D eigenvalue weighted by atomic mass is 10.2. The standard InChI is InChI=1S/C24H19FN4O4S/c1-14-7-10-17(11-8-14)28-23(31)18-5-3-4-6-20(18)27-24(28)34-15(2)22(30)26-16-9-12-19(25)21(13-16)29(32)33/h3-13,15H,1-2H3,(H,26,30). The average Bonchev–Trinajstić information content (AvgIpc) is 2.81. The van der Waals surface area contributed by atoms with E-state index < -0.39 is 27.6 Å². The van der Waals surface area contributed by atoms with Crippen LogP contribution >= 0.6 is 11.8 Å². The largest absolute Gasteiger partial charge is 0.325 e. The molecule has 172 valence electrons. The molecule has 1 N–H and O–H groups in total. The van der Waals surface area contributed by atoms with Gasteiger partial charge in [0.1, 0.15) is 0 Å². The van der Waals surface area contributed by atoms with E-state index in [1.165, 1.54) is 10.6 Å². The van der Waals surface area contributed by atoms with Gasteiger partial charge < -0.3 is 5.32 Å². The Bertz CT molecular complexity index is 1470. The predicted molar refractivity (Wildman–Crippen MR) is 129 cm³/mol. The summed E-state index contributed by atoms with van der Waals surface area (Å²) in [6, 6.07) is 17.4. The second-order valence-corrected chi connectivity index (χ2v) is 8.87. The van der Waals surface area contributed by atoms with Gasteiger partial charge in [0.25, 0.3) is 5.56 Å². The van der Waals surface area contributed by atoms with Crippen LogP contribution in [0.25, 0.3) is 16.6 Å². The maximum atomic E-state index is 13.6. The van der Waals surface area contributed by atoms with Gasteiger partial charge in [-0.15, -0.1) is 0 Å². The average molecular weight is 479 g/mol. The van der Waals surface area contributed by atoms with Gasteiger partial charge in [0.15, 0.2) is 5.16 Å². The highest BCUT2D eigenvalue weighted by Crippen LogP contribution is 2.27. The van der Waals surface area contributed by atoms with Gasteiger partial charge in [-0.25, -0.2) is 4.98 Å². The number of aryl methyl sites for hydroxylation is 1. The van der Waals surface area contributed by atoms with Crippen LogP contribution in [-0.2, 0) is 4.79 Å². The molecular formula is C24H19FN4O4S. The number of hydrogen-bond acceptors (Lipinski definition) is 6. The SMILES string of the molecule is Cc1ccc(-n2c(SC(C)C(=O)Nc3ccc(F)c([N+](=O)[O-])c3)nc3ccccc3c2=O)cc1. The summed E-state index contributed by atoms with van der Waals surface area (Å²) in [5, 5.41) is 13.6. The van der Waals surface area contributed by atoms with Gasteiger partial charge in [-0.2, -0.15) is 4.39 Å². The Kier molecular flexibility index (Phi) is 6.42. The Hall–Kier alpha value is -4.05. The van der Waals surface area contributed by atoms with Crippen LogP contribution in [0.15, 0.2) is 76.7 Å². The molecule has 1 aromatic heterocycles. The maximum absolute atomic E-state index is 13.6. The first kappa shape index (κ1) is 23.1. The van der Waals surface area contributed by atoms with Gasteiger partial charge in [0.2, 0.25) is 11.7 Å². The van der Waals surface area contributed by atoms with Crippen molar-refractivity contribution in [1.29, 1.82) is 0 Å². The van der Waals surface area contributed by atoms with Crippen molar-refractivity contribution < 1.29 is 14.1 Å². The van der Waals surface area contributed by atoms with Gasteiger partial charge in [0, 0.05) is 11.8 Å². The number of benzene rings is 3. The number of anilines is 1. The van der Waals surface area contributed by atoms with Crippen molar-refractivity contribution in [2.24, 2.45) is 0 Å². The number of aromatic nitrogens is 2. The first-order chi connectivity index (χ1) is 16.2. The fourth-order valence-corrected chi connectivity index (χ4v) is 4.23. The lowest BCUT2D eigenvalue weighted by molar-refractivity contribution is -0.387. The van der Waals surface area contributed by atoms with Gasteiger partial charge in [0.05, 0.1) is 26.8 Å². The summed E-state index contributed by atoms with van der Waals surface area (Å²) in [5.41, 5.74) is 1.23. The number of carbonyl (C=O) groups excluding carboxylic acids is 1. The third kappa shape index (κ3) is 4.67. The molecule has 0 radical (unpaired) electrons. The molecule has 0 bridgehead atoms. The predicted octanol–water partition coefficient (Wildman–Crippen LogP) is 4.86. The van der Waals surface area contributed by atoms with Crippen molar-refractivity contribution in [3.05, 3.63) is 98.6 Å². The summed E-state index contributed by atoms with van der Waals surface area (Å²) in [5.74, 6) is -1.48. The molecule has 34 heavy (non-hydrogen) atoms. The molecule has 1 amide bonds. The number of fused-ring (bicyclic) bond motifs is 1. The minimum Gasteiger partial charge on any atom is -0.325 e. The van der Waals surface area contributed by atoms with Crippen LogP contribution in [0.4, 0.5) is 15.8 Å². The summed E-state index contributed by atoms with van der Waals surface area (Å²) in [6.07, 6.45) is 0. The number of rotatable bonds is 6. The lowest BCUT2D eigenvalue weighted by Crippen LogP contribution is -2.26. The molecule has 0 saturated carbocycles. The van der Waals surface area contributed by atoms with Crippen LogP contribution in [0.1, 0.15) is 12.5 Å². The molecule has 8 nitrogen and oxygen atoms in total. The number of para-hydroxylation sites is 1. The zero-order valence-corrected chi connectivity index (χ0v) is 19.0. The van der Waals surface area contributed by atoms with Crippen molar-refractivity contribution in [3.8, 4) is 5.69 Å². The van der Waals surface area contributed by atoms with E-state index in [1.54, 1.807) is 43.3 Å². The number of halogens is 1. The first-order valence-electron chi connectivity index (χ1n) is 10.2. The smallest absolute Gasteiger partial charge is 0.306 e. The van der Waals surface area contributed by atoms with Gasteiger partial charge in [-0.3, -0.25) is 24.3 Å². The first-order valence-corrected chi connectivity index (χ1v) is 11.1. The van der Waals surface area contributed by atoms with Gasteiger partial charge in [-0.05, 0) is 50.2 Å². The highest BCUT2D eigenvalue weighted by atomic mass is 32.2. The molecule has 0 spiro atoms. The summed E-state index contributed by atoms with van der Waals surface area (Å²) in [6.45, 7) is 3.56. The summed E-state index contributed by atoms with van der Waals surface area (Å²) >= 11 is 1.07. The molecule has 4 aromatic rings. The maximum Gasteiger partial charge on any atom is 0.306 e. The number of nitrogens with one attached hydrogen (secondary N) is 1. The molecule has 0 aliphatic carbocycles. The highest BCUT2D eigenvalue weighted by molar-refractivity contribution is 8.00. The fraction of sp³-hybridized carbons (Fsp3) is 0.125. The van der Waals surface area contributed by atoms with Crippen molar-refractivity contribution in [2.75, 3.05) is 5.32 Å². The molecule has 0 aliphatic heterocycles. The lowest BCUT2D eigenvalue weighted by Gasteiger charge is -2.16. The second-order valence-electron chi connectivity index (χ2n) is 7.56. The van der Waals surface area contributed by atoms with Crippen LogP contribution in [0.3, 0.4) is 0 Å². The Balaban J connectivity index is 1.68. The minimum atomic E-state index is -0.993. The number of carbonyl (C=O) groups is 1. The van der Waals surface area contributed by atoms with E-state index in [-0.39, 0.29) is 11.2 Å². The third-order valence-corrected chi connectivity index (χ3v) is 6.15. The van der Waals surface area contributed by atoms with E-state index >= 15 is 0 Å².